The lowest BCUT2D eigenvalue weighted by Crippen LogP contribution is -2.54. The van der Waals surface area contributed by atoms with Gasteiger partial charge in [-0.3, -0.25) is 9.69 Å². The highest BCUT2D eigenvalue weighted by molar-refractivity contribution is 5.76. The van der Waals surface area contributed by atoms with Gasteiger partial charge in [0.25, 0.3) is 0 Å². The molecule has 2 atom stereocenters. The first kappa shape index (κ1) is 17.4. The molecule has 0 saturated carbocycles. The number of aliphatic hydroxyl groups is 1. The van der Waals surface area contributed by atoms with Crippen molar-refractivity contribution in [1.29, 1.82) is 0 Å². The Hall–Kier alpha value is -0.650. The Morgan fingerprint density at radius 1 is 1.40 bits per heavy atom. The van der Waals surface area contributed by atoms with Crippen molar-refractivity contribution >= 4 is 5.91 Å². The smallest absolute Gasteiger partial charge is 0.221 e. The van der Waals surface area contributed by atoms with Crippen molar-refractivity contribution in [2.75, 3.05) is 32.7 Å². The fourth-order valence-corrected chi connectivity index (χ4v) is 2.62. The molecule has 1 saturated heterocycles. The topological polar surface area (TPSA) is 55.8 Å². The van der Waals surface area contributed by atoms with Crippen LogP contribution in [-0.4, -0.2) is 71.2 Å². The number of carbonyl (C=O) groups excluding carboxylic acids is 1. The SMILES string of the molecule is C[C@@H](O)CN1CCN(CCC(=O)NC(C)(C)C)C[C@@H]1C. The minimum Gasteiger partial charge on any atom is -0.392 e. The zero-order chi connectivity index (χ0) is 15.3. The third-order valence-corrected chi connectivity index (χ3v) is 3.52. The predicted octanol–water partition coefficient (Wildman–Crippen LogP) is 0.678. The summed E-state index contributed by atoms with van der Waals surface area (Å²) in [5.74, 6) is 0.122. The van der Waals surface area contributed by atoms with Crippen molar-refractivity contribution in [1.82, 2.24) is 15.1 Å². The Bertz CT molecular complexity index is 313. The summed E-state index contributed by atoms with van der Waals surface area (Å²) in [5.41, 5.74) is -0.152. The highest BCUT2D eigenvalue weighted by Crippen LogP contribution is 2.10. The van der Waals surface area contributed by atoms with Gasteiger partial charge in [-0.15, -0.1) is 0 Å². The second kappa shape index (κ2) is 7.38. The lowest BCUT2D eigenvalue weighted by molar-refractivity contribution is -0.123. The van der Waals surface area contributed by atoms with Crippen molar-refractivity contribution in [2.45, 2.75) is 58.7 Å². The highest BCUT2D eigenvalue weighted by atomic mass is 16.3. The van der Waals surface area contributed by atoms with E-state index >= 15 is 0 Å². The Morgan fingerprint density at radius 2 is 2.05 bits per heavy atom. The van der Waals surface area contributed by atoms with Gasteiger partial charge in [-0.2, -0.15) is 0 Å². The molecule has 5 nitrogen and oxygen atoms in total. The molecule has 0 spiro atoms. The molecule has 0 unspecified atom stereocenters. The first-order chi connectivity index (χ1) is 9.17. The van der Waals surface area contributed by atoms with E-state index in [1.54, 1.807) is 0 Å². The Morgan fingerprint density at radius 3 is 2.55 bits per heavy atom. The number of rotatable bonds is 5. The van der Waals surface area contributed by atoms with Gasteiger partial charge in [0, 0.05) is 50.7 Å². The molecular formula is C15H31N3O2. The third-order valence-electron chi connectivity index (χ3n) is 3.52. The van der Waals surface area contributed by atoms with E-state index in [9.17, 15) is 9.90 Å². The second-order valence-corrected chi connectivity index (χ2v) is 7.04. The van der Waals surface area contributed by atoms with Crippen LogP contribution in [-0.2, 0) is 4.79 Å². The maximum Gasteiger partial charge on any atom is 0.221 e. The fourth-order valence-electron chi connectivity index (χ4n) is 2.62. The molecule has 1 aliphatic heterocycles. The van der Waals surface area contributed by atoms with E-state index in [4.69, 9.17) is 0 Å². The maximum atomic E-state index is 11.8. The lowest BCUT2D eigenvalue weighted by atomic mass is 10.1. The van der Waals surface area contributed by atoms with Crippen LogP contribution in [0.4, 0.5) is 0 Å². The molecular weight excluding hydrogens is 254 g/mol. The predicted molar refractivity (Wildman–Crippen MR) is 81.7 cm³/mol. The van der Waals surface area contributed by atoms with Crippen molar-refractivity contribution in [3.8, 4) is 0 Å². The summed E-state index contributed by atoms with van der Waals surface area (Å²) in [5, 5.41) is 12.5. The van der Waals surface area contributed by atoms with Gasteiger partial charge < -0.3 is 15.3 Å². The van der Waals surface area contributed by atoms with Crippen LogP contribution in [0, 0.1) is 0 Å². The Labute approximate surface area is 123 Å². The molecule has 1 aliphatic rings. The molecule has 5 heteroatoms. The van der Waals surface area contributed by atoms with E-state index in [2.05, 4.69) is 22.0 Å². The molecule has 1 rings (SSSR count). The quantitative estimate of drug-likeness (QED) is 0.780. The summed E-state index contributed by atoms with van der Waals surface area (Å²) in [7, 11) is 0. The zero-order valence-electron chi connectivity index (χ0n) is 13.6. The molecule has 0 aliphatic carbocycles. The average molecular weight is 285 g/mol. The first-order valence-corrected chi connectivity index (χ1v) is 7.63. The van der Waals surface area contributed by atoms with Crippen LogP contribution >= 0.6 is 0 Å². The number of hydrogen-bond acceptors (Lipinski definition) is 4. The zero-order valence-corrected chi connectivity index (χ0v) is 13.6. The molecule has 1 fully saturated rings. The van der Waals surface area contributed by atoms with E-state index in [1.165, 1.54) is 0 Å². The van der Waals surface area contributed by atoms with Crippen LogP contribution in [0.15, 0.2) is 0 Å². The number of aliphatic hydroxyl groups excluding tert-OH is 1. The maximum absolute atomic E-state index is 11.8. The van der Waals surface area contributed by atoms with E-state index < -0.39 is 0 Å². The summed E-state index contributed by atoms with van der Waals surface area (Å²) in [6.07, 6.45) is 0.280. The normalized spacial score (nSPS) is 23.6. The summed E-state index contributed by atoms with van der Waals surface area (Å²) in [6.45, 7) is 14.5. The molecule has 0 radical (unpaired) electrons. The van der Waals surface area contributed by atoms with Gasteiger partial charge in [-0.1, -0.05) is 0 Å². The Balaban J connectivity index is 2.29. The summed E-state index contributed by atoms with van der Waals surface area (Å²) in [4.78, 5) is 16.5. The molecule has 0 aromatic carbocycles. The van der Waals surface area contributed by atoms with Crippen molar-refractivity contribution in [3.05, 3.63) is 0 Å². The van der Waals surface area contributed by atoms with Gasteiger partial charge in [-0.25, -0.2) is 0 Å². The van der Waals surface area contributed by atoms with Crippen LogP contribution in [0.2, 0.25) is 0 Å². The minimum absolute atomic E-state index is 0.122. The fraction of sp³-hybridized carbons (Fsp3) is 0.933. The number of hydrogen-bond donors (Lipinski definition) is 2. The van der Waals surface area contributed by atoms with Crippen LogP contribution in [0.25, 0.3) is 0 Å². The van der Waals surface area contributed by atoms with Crippen molar-refractivity contribution in [2.24, 2.45) is 0 Å². The minimum atomic E-state index is -0.276. The van der Waals surface area contributed by atoms with Crippen LogP contribution < -0.4 is 5.32 Å². The molecule has 1 heterocycles. The van der Waals surface area contributed by atoms with Gasteiger partial charge in [0.05, 0.1) is 6.10 Å². The third kappa shape index (κ3) is 6.68. The number of β-amino-alcohol motifs (C(OH)–C–C–N with tert-alkyl or cyclic N) is 1. The van der Waals surface area contributed by atoms with Crippen molar-refractivity contribution in [3.63, 3.8) is 0 Å². The molecule has 118 valence electrons. The molecule has 0 aromatic rings. The van der Waals surface area contributed by atoms with Crippen LogP contribution in [0.3, 0.4) is 0 Å². The summed E-state index contributed by atoms with van der Waals surface area (Å²) >= 11 is 0. The summed E-state index contributed by atoms with van der Waals surface area (Å²) < 4.78 is 0. The highest BCUT2D eigenvalue weighted by Gasteiger charge is 2.24. The average Bonchev–Trinajstić information content (AvgIpc) is 2.27. The molecule has 1 amide bonds. The lowest BCUT2D eigenvalue weighted by Gasteiger charge is -2.40. The van der Waals surface area contributed by atoms with Crippen LogP contribution in [0.1, 0.15) is 41.0 Å². The molecule has 20 heavy (non-hydrogen) atoms. The van der Waals surface area contributed by atoms with Gasteiger partial charge >= 0.3 is 0 Å². The van der Waals surface area contributed by atoms with Gasteiger partial charge in [0.2, 0.25) is 5.91 Å². The van der Waals surface area contributed by atoms with E-state index in [0.717, 1.165) is 32.7 Å². The van der Waals surface area contributed by atoms with Crippen LogP contribution in [0.5, 0.6) is 0 Å². The number of nitrogens with zero attached hydrogens (tertiary/aromatic N) is 2. The van der Waals surface area contributed by atoms with Gasteiger partial charge in [0.1, 0.15) is 0 Å². The number of carbonyl (C=O) groups is 1. The largest absolute Gasteiger partial charge is 0.392 e. The molecule has 0 aromatic heterocycles. The first-order valence-electron chi connectivity index (χ1n) is 7.63. The van der Waals surface area contributed by atoms with Gasteiger partial charge in [0.15, 0.2) is 0 Å². The second-order valence-electron chi connectivity index (χ2n) is 7.04. The number of amides is 1. The Kier molecular flexibility index (Phi) is 6.43. The van der Waals surface area contributed by atoms with Crippen molar-refractivity contribution < 1.29 is 9.90 Å². The number of piperazine rings is 1. The van der Waals surface area contributed by atoms with E-state index in [-0.39, 0.29) is 17.6 Å². The van der Waals surface area contributed by atoms with Gasteiger partial charge in [-0.05, 0) is 34.6 Å². The monoisotopic (exact) mass is 285 g/mol. The van der Waals surface area contributed by atoms with E-state index in [0.29, 0.717) is 12.5 Å². The summed E-state index contributed by atoms with van der Waals surface area (Å²) in [6, 6.07) is 0.434. The molecule has 2 N–H and O–H groups in total. The van der Waals surface area contributed by atoms with E-state index in [1.807, 2.05) is 27.7 Å². The molecule has 0 bridgehead atoms. The number of nitrogens with one attached hydrogen (secondary N) is 1. The standard InChI is InChI=1S/C15H31N3O2/c1-12-10-17(8-9-18(12)11-13(2)19)7-6-14(20)16-15(3,4)5/h12-13,19H,6-11H2,1-5H3,(H,16,20)/t12-,13+/m0/s1.